The predicted octanol–water partition coefficient (Wildman–Crippen LogP) is 1.41. The molecule has 0 heterocycles. The Morgan fingerprint density at radius 3 is 2.36 bits per heavy atom. The van der Waals surface area contributed by atoms with E-state index in [2.05, 4.69) is 11.9 Å². The van der Waals surface area contributed by atoms with Crippen molar-refractivity contribution >= 4 is 5.91 Å². The molecule has 1 atom stereocenters. The van der Waals surface area contributed by atoms with Crippen LogP contribution in [0.1, 0.15) is 27.7 Å². The Labute approximate surface area is 87.2 Å². The molecule has 0 aromatic rings. The smallest absolute Gasteiger partial charge is 0.240 e. The Bertz CT molecular complexity index is 206. The average Bonchev–Trinajstić information content (AvgIpc) is 2.09. The molecular formula is C11H22N2O. The van der Waals surface area contributed by atoms with Gasteiger partial charge in [-0.15, -0.1) is 6.58 Å². The molecule has 0 rings (SSSR count). The van der Waals surface area contributed by atoms with Crippen LogP contribution in [0.15, 0.2) is 12.7 Å². The van der Waals surface area contributed by atoms with Crippen molar-refractivity contribution < 1.29 is 4.79 Å². The van der Waals surface area contributed by atoms with E-state index >= 15 is 0 Å². The highest BCUT2D eigenvalue weighted by Gasteiger charge is 2.27. The molecule has 0 bridgehead atoms. The molecule has 1 unspecified atom stereocenters. The summed E-state index contributed by atoms with van der Waals surface area (Å²) < 4.78 is 0. The molecule has 3 heteroatoms. The predicted molar refractivity (Wildman–Crippen MR) is 60.2 cm³/mol. The first kappa shape index (κ1) is 13.2. The van der Waals surface area contributed by atoms with Gasteiger partial charge in [0, 0.05) is 12.1 Å². The first-order valence-electron chi connectivity index (χ1n) is 4.94. The Kier molecular flexibility index (Phi) is 4.85. The maximum absolute atomic E-state index is 11.9. The van der Waals surface area contributed by atoms with Crippen molar-refractivity contribution in [2.24, 2.45) is 0 Å². The molecule has 0 aromatic carbocycles. The van der Waals surface area contributed by atoms with Crippen LogP contribution < -0.4 is 5.32 Å². The SMILES string of the molecule is C=CCN(C(=O)C(C)NC)C(C)(C)C. The van der Waals surface area contributed by atoms with Gasteiger partial charge in [-0.3, -0.25) is 4.79 Å². The maximum atomic E-state index is 11.9. The summed E-state index contributed by atoms with van der Waals surface area (Å²) in [5, 5.41) is 2.95. The molecule has 0 aromatic heterocycles. The highest BCUT2D eigenvalue weighted by molar-refractivity contribution is 5.82. The summed E-state index contributed by atoms with van der Waals surface area (Å²) in [6, 6.07) is -0.144. The van der Waals surface area contributed by atoms with Gasteiger partial charge in [0.1, 0.15) is 0 Å². The Morgan fingerprint density at radius 1 is 1.57 bits per heavy atom. The van der Waals surface area contributed by atoms with E-state index in [1.165, 1.54) is 0 Å². The molecule has 82 valence electrons. The van der Waals surface area contributed by atoms with Crippen LogP contribution in [0.3, 0.4) is 0 Å². The van der Waals surface area contributed by atoms with E-state index in [1.807, 2.05) is 32.6 Å². The van der Waals surface area contributed by atoms with Crippen LogP contribution in [-0.2, 0) is 4.79 Å². The fourth-order valence-electron chi connectivity index (χ4n) is 1.18. The van der Waals surface area contributed by atoms with E-state index < -0.39 is 0 Å². The summed E-state index contributed by atoms with van der Waals surface area (Å²) in [5.74, 6) is 0.111. The number of nitrogens with zero attached hydrogens (tertiary/aromatic N) is 1. The van der Waals surface area contributed by atoms with E-state index in [4.69, 9.17) is 0 Å². The molecule has 0 saturated carbocycles. The van der Waals surface area contributed by atoms with Crippen molar-refractivity contribution in [2.75, 3.05) is 13.6 Å². The van der Waals surface area contributed by atoms with E-state index in [-0.39, 0.29) is 17.5 Å². The third kappa shape index (κ3) is 3.50. The van der Waals surface area contributed by atoms with Gasteiger partial charge in [-0.2, -0.15) is 0 Å². The van der Waals surface area contributed by atoms with Gasteiger partial charge < -0.3 is 10.2 Å². The third-order valence-corrected chi connectivity index (χ3v) is 2.19. The van der Waals surface area contributed by atoms with Crippen LogP contribution in [0.25, 0.3) is 0 Å². The second-order valence-corrected chi connectivity index (χ2v) is 4.42. The molecule has 0 saturated heterocycles. The topological polar surface area (TPSA) is 32.3 Å². The maximum Gasteiger partial charge on any atom is 0.240 e. The zero-order valence-corrected chi connectivity index (χ0v) is 9.92. The van der Waals surface area contributed by atoms with Crippen LogP contribution in [-0.4, -0.2) is 36.0 Å². The minimum absolute atomic E-state index is 0.111. The van der Waals surface area contributed by atoms with Crippen LogP contribution in [0.5, 0.6) is 0 Å². The van der Waals surface area contributed by atoms with Gasteiger partial charge in [0.15, 0.2) is 0 Å². The van der Waals surface area contributed by atoms with Crippen molar-refractivity contribution in [2.45, 2.75) is 39.3 Å². The van der Waals surface area contributed by atoms with Crippen LogP contribution in [0, 0.1) is 0 Å². The van der Waals surface area contributed by atoms with Crippen molar-refractivity contribution in [1.82, 2.24) is 10.2 Å². The summed E-state index contributed by atoms with van der Waals surface area (Å²) in [4.78, 5) is 13.7. The van der Waals surface area contributed by atoms with Gasteiger partial charge in [0.25, 0.3) is 0 Å². The molecule has 0 aliphatic carbocycles. The van der Waals surface area contributed by atoms with E-state index in [1.54, 1.807) is 13.1 Å². The Morgan fingerprint density at radius 2 is 2.07 bits per heavy atom. The normalized spacial score (nSPS) is 13.5. The summed E-state index contributed by atoms with van der Waals surface area (Å²) in [6.45, 7) is 12.2. The number of amides is 1. The number of likely N-dealkylation sites (N-methyl/N-ethyl adjacent to an activating group) is 1. The molecular weight excluding hydrogens is 176 g/mol. The van der Waals surface area contributed by atoms with Crippen molar-refractivity contribution in [3.63, 3.8) is 0 Å². The highest BCUT2D eigenvalue weighted by Crippen LogP contribution is 2.14. The van der Waals surface area contributed by atoms with E-state index in [0.29, 0.717) is 6.54 Å². The van der Waals surface area contributed by atoms with E-state index in [0.717, 1.165) is 0 Å². The monoisotopic (exact) mass is 198 g/mol. The molecule has 0 radical (unpaired) electrons. The molecule has 14 heavy (non-hydrogen) atoms. The number of carbonyl (C=O) groups is 1. The van der Waals surface area contributed by atoms with Gasteiger partial charge in [0.05, 0.1) is 6.04 Å². The average molecular weight is 198 g/mol. The first-order chi connectivity index (χ1) is 6.34. The molecule has 1 amide bonds. The Hall–Kier alpha value is -0.830. The van der Waals surface area contributed by atoms with Gasteiger partial charge >= 0.3 is 0 Å². The zero-order chi connectivity index (χ0) is 11.4. The number of carbonyl (C=O) groups excluding carboxylic acids is 1. The number of hydrogen-bond donors (Lipinski definition) is 1. The standard InChI is InChI=1S/C11H22N2O/c1-7-8-13(11(3,4)5)10(14)9(2)12-6/h7,9,12H,1,8H2,2-6H3. The molecule has 0 fully saturated rings. The quantitative estimate of drug-likeness (QED) is 0.693. The molecule has 3 nitrogen and oxygen atoms in total. The fraction of sp³-hybridized carbons (Fsp3) is 0.727. The summed E-state index contributed by atoms with van der Waals surface area (Å²) in [6.07, 6.45) is 1.76. The minimum atomic E-state index is -0.156. The molecule has 0 aliphatic heterocycles. The lowest BCUT2D eigenvalue weighted by Gasteiger charge is -2.36. The number of hydrogen-bond acceptors (Lipinski definition) is 2. The molecule has 0 aliphatic rings. The molecule has 0 spiro atoms. The van der Waals surface area contributed by atoms with E-state index in [9.17, 15) is 4.79 Å². The largest absolute Gasteiger partial charge is 0.333 e. The minimum Gasteiger partial charge on any atom is -0.333 e. The zero-order valence-electron chi connectivity index (χ0n) is 9.92. The lowest BCUT2D eigenvalue weighted by Crippen LogP contribution is -2.52. The third-order valence-electron chi connectivity index (χ3n) is 2.19. The van der Waals surface area contributed by atoms with Gasteiger partial charge in [-0.1, -0.05) is 6.08 Å². The summed E-state index contributed by atoms with van der Waals surface area (Å²) >= 11 is 0. The molecule has 1 N–H and O–H groups in total. The lowest BCUT2D eigenvalue weighted by atomic mass is 10.0. The van der Waals surface area contributed by atoms with Gasteiger partial charge in [-0.05, 0) is 34.7 Å². The first-order valence-corrected chi connectivity index (χ1v) is 4.94. The number of nitrogens with one attached hydrogen (secondary N) is 1. The van der Waals surface area contributed by atoms with Crippen LogP contribution in [0.2, 0.25) is 0 Å². The summed E-state index contributed by atoms with van der Waals surface area (Å²) in [7, 11) is 1.79. The van der Waals surface area contributed by atoms with Gasteiger partial charge in [0.2, 0.25) is 5.91 Å². The van der Waals surface area contributed by atoms with Crippen molar-refractivity contribution in [1.29, 1.82) is 0 Å². The second kappa shape index (κ2) is 5.15. The van der Waals surface area contributed by atoms with Crippen LogP contribution >= 0.6 is 0 Å². The van der Waals surface area contributed by atoms with Crippen molar-refractivity contribution in [3.05, 3.63) is 12.7 Å². The van der Waals surface area contributed by atoms with Gasteiger partial charge in [-0.25, -0.2) is 0 Å². The van der Waals surface area contributed by atoms with Crippen LogP contribution in [0.4, 0.5) is 0 Å². The Balaban J connectivity index is 4.65. The van der Waals surface area contributed by atoms with Crippen molar-refractivity contribution in [3.8, 4) is 0 Å². The fourth-order valence-corrected chi connectivity index (χ4v) is 1.18. The number of rotatable bonds is 4. The summed E-state index contributed by atoms with van der Waals surface area (Å²) in [5.41, 5.74) is -0.156. The second-order valence-electron chi connectivity index (χ2n) is 4.42. The lowest BCUT2D eigenvalue weighted by molar-refractivity contribution is -0.136. The highest BCUT2D eigenvalue weighted by atomic mass is 16.2.